The van der Waals surface area contributed by atoms with Gasteiger partial charge in [0.2, 0.25) is 5.88 Å². The lowest BCUT2D eigenvalue weighted by Gasteiger charge is -2.13. The minimum absolute atomic E-state index is 0.262. The molecule has 2 aromatic carbocycles. The Kier molecular flexibility index (Phi) is 5.20. The number of aromatic nitrogens is 2. The number of methoxy groups -OCH3 is 1. The van der Waals surface area contributed by atoms with E-state index in [1.807, 2.05) is 36.4 Å². The molecule has 0 spiro atoms. The quantitative estimate of drug-likeness (QED) is 0.691. The fourth-order valence-corrected chi connectivity index (χ4v) is 2.32. The Morgan fingerprint density at radius 3 is 2.48 bits per heavy atom. The molecule has 0 unspecified atom stereocenters. The van der Waals surface area contributed by atoms with Crippen molar-refractivity contribution in [1.82, 2.24) is 9.97 Å². The van der Waals surface area contributed by atoms with E-state index in [9.17, 15) is 0 Å². The molecular formula is C18H17ClN4O2. The third kappa shape index (κ3) is 4.10. The van der Waals surface area contributed by atoms with Crippen LogP contribution >= 0.6 is 11.6 Å². The molecular weight excluding hydrogens is 340 g/mol. The fraction of sp³-hybridized carbons (Fsp3) is 0.111. The number of ether oxygens (including phenoxy) is 2. The van der Waals surface area contributed by atoms with Crippen LogP contribution in [0.15, 0.2) is 54.9 Å². The molecule has 0 aliphatic carbocycles. The van der Waals surface area contributed by atoms with Crippen molar-refractivity contribution in [3.63, 3.8) is 0 Å². The van der Waals surface area contributed by atoms with E-state index in [0.717, 1.165) is 5.56 Å². The molecule has 0 aliphatic rings. The van der Waals surface area contributed by atoms with Gasteiger partial charge in [-0.15, -0.1) is 0 Å². The molecule has 7 heteroatoms. The summed E-state index contributed by atoms with van der Waals surface area (Å²) in [5, 5.41) is 3.87. The van der Waals surface area contributed by atoms with E-state index in [-0.39, 0.29) is 5.88 Å². The number of nitrogens with zero attached hydrogens (tertiary/aromatic N) is 2. The molecule has 0 fully saturated rings. The van der Waals surface area contributed by atoms with Gasteiger partial charge < -0.3 is 20.5 Å². The molecule has 0 atom stereocenters. The minimum Gasteiger partial charge on any atom is -0.493 e. The molecule has 0 saturated heterocycles. The van der Waals surface area contributed by atoms with Crippen LogP contribution in [0, 0.1) is 0 Å². The molecule has 0 aliphatic heterocycles. The zero-order valence-electron chi connectivity index (χ0n) is 13.6. The monoisotopic (exact) mass is 356 g/mol. The molecule has 1 heterocycles. The molecule has 0 amide bonds. The minimum atomic E-state index is 0.262. The van der Waals surface area contributed by atoms with Crippen LogP contribution in [-0.2, 0) is 6.54 Å². The topological polar surface area (TPSA) is 82.3 Å². The van der Waals surface area contributed by atoms with Crippen molar-refractivity contribution >= 4 is 23.1 Å². The van der Waals surface area contributed by atoms with Gasteiger partial charge in [0.05, 0.1) is 7.11 Å². The Bertz CT molecular complexity index is 856. The predicted octanol–water partition coefficient (Wildman–Crippen LogP) is 4.13. The predicted molar refractivity (Wildman–Crippen MR) is 98.3 cm³/mol. The molecule has 3 rings (SSSR count). The van der Waals surface area contributed by atoms with Gasteiger partial charge in [0.1, 0.15) is 12.0 Å². The molecule has 3 aromatic rings. The highest BCUT2D eigenvalue weighted by molar-refractivity contribution is 6.30. The van der Waals surface area contributed by atoms with Gasteiger partial charge in [-0.05, 0) is 29.8 Å². The molecule has 25 heavy (non-hydrogen) atoms. The summed E-state index contributed by atoms with van der Waals surface area (Å²) >= 11 is 5.89. The summed E-state index contributed by atoms with van der Waals surface area (Å²) in [6.07, 6.45) is 1.39. The van der Waals surface area contributed by atoms with E-state index in [2.05, 4.69) is 15.3 Å². The number of halogens is 1. The van der Waals surface area contributed by atoms with Crippen LogP contribution in [-0.4, -0.2) is 17.1 Å². The number of hydrogen-bond acceptors (Lipinski definition) is 6. The maximum absolute atomic E-state index is 6.14. The highest BCUT2D eigenvalue weighted by atomic mass is 35.5. The van der Waals surface area contributed by atoms with Crippen molar-refractivity contribution in [1.29, 1.82) is 0 Å². The van der Waals surface area contributed by atoms with Crippen molar-refractivity contribution in [2.75, 3.05) is 18.2 Å². The van der Waals surface area contributed by atoms with Crippen molar-refractivity contribution in [2.45, 2.75) is 6.54 Å². The van der Waals surface area contributed by atoms with E-state index < -0.39 is 0 Å². The molecule has 6 nitrogen and oxygen atoms in total. The summed E-state index contributed by atoms with van der Waals surface area (Å²) in [6.45, 7) is 0.548. The SMILES string of the molecule is COc1ccccc1Oc1ncnc(NCc2ccc(Cl)cc2)c1N. The summed E-state index contributed by atoms with van der Waals surface area (Å²) < 4.78 is 11.0. The summed E-state index contributed by atoms with van der Waals surface area (Å²) in [7, 11) is 1.57. The second-order valence-electron chi connectivity index (χ2n) is 5.17. The van der Waals surface area contributed by atoms with Crippen molar-refractivity contribution < 1.29 is 9.47 Å². The number of hydrogen-bond donors (Lipinski definition) is 2. The standard InChI is InChI=1S/C18H17ClN4O2/c1-24-14-4-2-3-5-15(14)25-18-16(20)17(22-11-23-18)21-10-12-6-8-13(19)9-7-12/h2-9,11H,10,20H2,1H3,(H,21,22,23). The average Bonchev–Trinajstić information content (AvgIpc) is 2.64. The van der Waals surface area contributed by atoms with Gasteiger partial charge in [-0.25, -0.2) is 4.98 Å². The van der Waals surface area contributed by atoms with Crippen LogP contribution in [0.25, 0.3) is 0 Å². The first-order chi connectivity index (χ1) is 12.2. The lowest BCUT2D eigenvalue weighted by Crippen LogP contribution is -2.07. The maximum atomic E-state index is 6.14. The Morgan fingerprint density at radius 1 is 1.04 bits per heavy atom. The van der Waals surface area contributed by atoms with Gasteiger partial charge in [0.25, 0.3) is 0 Å². The summed E-state index contributed by atoms with van der Waals surface area (Å²) in [6, 6.07) is 14.8. The van der Waals surface area contributed by atoms with E-state index >= 15 is 0 Å². The highest BCUT2D eigenvalue weighted by Gasteiger charge is 2.12. The fourth-order valence-electron chi connectivity index (χ4n) is 2.20. The number of benzene rings is 2. The first kappa shape index (κ1) is 16.9. The molecule has 3 N–H and O–H groups in total. The maximum Gasteiger partial charge on any atom is 0.248 e. The van der Waals surface area contributed by atoms with E-state index in [0.29, 0.717) is 34.6 Å². The Labute approximate surface area is 150 Å². The first-order valence-corrected chi connectivity index (χ1v) is 7.95. The Morgan fingerprint density at radius 2 is 1.76 bits per heavy atom. The third-order valence-electron chi connectivity index (χ3n) is 3.50. The highest BCUT2D eigenvalue weighted by Crippen LogP contribution is 2.34. The zero-order valence-corrected chi connectivity index (χ0v) is 14.3. The lowest BCUT2D eigenvalue weighted by atomic mass is 10.2. The van der Waals surface area contributed by atoms with Gasteiger partial charge >= 0.3 is 0 Å². The van der Waals surface area contributed by atoms with Crippen LogP contribution in [0.2, 0.25) is 5.02 Å². The van der Waals surface area contributed by atoms with Crippen LogP contribution in [0.5, 0.6) is 17.4 Å². The van der Waals surface area contributed by atoms with Gasteiger partial charge in [-0.3, -0.25) is 0 Å². The third-order valence-corrected chi connectivity index (χ3v) is 3.75. The van der Waals surface area contributed by atoms with Crippen molar-refractivity contribution in [3.8, 4) is 17.4 Å². The normalized spacial score (nSPS) is 10.3. The van der Waals surface area contributed by atoms with Crippen LogP contribution in [0.4, 0.5) is 11.5 Å². The summed E-state index contributed by atoms with van der Waals surface area (Å²) in [5.41, 5.74) is 7.51. The van der Waals surface area contributed by atoms with Gasteiger partial charge in [-0.2, -0.15) is 4.98 Å². The van der Waals surface area contributed by atoms with Crippen LogP contribution < -0.4 is 20.5 Å². The second-order valence-corrected chi connectivity index (χ2v) is 5.61. The molecule has 1 aromatic heterocycles. The number of rotatable bonds is 6. The van der Waals surface area contributed by atoms with Crippen molar-refractivity contribution in [2.24, 2.45) is 0 Å². The smallest absolute Gasteiger partial charge is 0.248 e. The number of nitrogens with one attached hydrogen (secondary N) is 1. The Balaban J connectivity index is 1.76. The second kappa shape index (κ2) is 7.72. The van der Waals surface area contributed by atoms with E-state index in [1.165, 1.54) is 6.33 Å². The van der Waals surface area contributed by atoms with E-state index in [4.69, 9.17) is 26.8 Å². The Hall–Kier alpha value is -2.99. The first-order valence-electron chi connectivity index (χ1n) is 7.57. The molecule has 0 radical (unpaired) electrons. The zero-order chi connectivity index (χ0) is 17.6. The van der Waals surface area contributed by atoms with Crippen molar-refractivity contribution in [3.05, 3.63) is 65.4 Å². The van der Waals surface area contributed by atoms with E-state index in [1.54, 1.807) is 19.2 Å². The molecule has 128 valence electrons. The number of anilines is 2. The van der Waals surface area contributed by atoms with Gasteiger partial charge in [-0.1, -0.05) is 35.9 Å². The number of nitrogens with two attached hydrogens (primary N) is 1. The molecule has 0 bridgehead atoms. The average molecular weight is 357 g/mol. The largest absolute Gasteiger partial charge is 0.493 e. The van der Waals surface area contributed by atoms with Crippen LogP contribution in [0.3, 0.4) is 0 Å². The lowest BCUT2D eigenvalue weighted by molar-refractivity contribution is 0.374. The molecule has 0 saturated carbocycles. The number of para-hydroxylation sites is 2. The van der Waals surface area contributed by atoms with Gasteiger partial charge in [0.15, 0.2) is 17.3 Å². The van der Waals surface area contributed by atoms with Gasteiger partial charge in [0, 0.05) is 11.6 Å². The summed E-state index contributed by atoms with van der Waals surface area (Å²) in [5.74, 6) is 1.88. The van der Waals surface area contributed by atoms with Crippen LogP contribution in [0.1, 0.15) is 5.56 Å². The summed E-state index contributed by atoms with van der Waals surface area (Å²) in [4.78, 5) is 8.28. The number of nitrogen functional groups attached to an aromatic ring is 1.